The minimum Gasteiger partial charge on any atom is -0.511 e. The van der Waals surface area contributed by atoms with E-state index in [0.29, 0.717) is 29.6 Å². The van der Waals surface area contributed by atoms with Gasteiger partial charge in [-0.25, -0.2) is 0 Å². The van der Waals surface area contributed by atoms with Crippen molar-refractivity contribution in [2.24, 2.45) is 27.7 Å². The van der Waals surface area contributed by atoms with Crippen LogP contribution in [0, 0.1) is 41.4 Å². The van der Waals surface area contributed by atoms with Crippen molar-refractivity contribution in [1.29, 1.82) is 5.26 Å². The maximum absolute atomic E-state index is 12.4. The molecular weight excluding hydrogens is 486 g/mol. The van der Waals surface area contributed by atoms with E-state index in [-0.39, 0.29) is 11.5 Å². The molecule has 0 spiro atoms. The first-order valence-electron chi connectivity index (χ1n) is 13.4. The molecule has 4 atom stereocenters. The number of rotatable bonds is 3. The highest BCUT2D eigenvalue weighted by Gasteiger charge is 2.66. The highest BCUT2D eigenvalue weighted by Crippen LogP contribution is 2.70. The van der Waals surface area contributed by atoms with Crippen molar-refractivity contribution in [2.75, 3.05) is 5.75 Å². The normalized spacial score (nSPS) is 32.4. The molecule has 1 heterocycles. The van der Waals surface area contributed by atoms with Gasteiger partial charge in [-0.15, -0.1) is 11.8 Å². The number of fused-ring (bicyclic) bond motifs is 3. The lowest BCUT2D eigenvalue weighted by Gasteiger charge is -2.63. The number of hydrogen-bond acceptors (Lipinski definition) is 5. The van der Waals surface area contributed by atoms with E-state index in [1.165, 1.54) is 27.2 Å². The molecule has 0 saturated heterocycles. The molecule has 0 unspecified atom stereocenters. The van der Waals surface area contributed by atoms with Crippen LogP contribution in [0.3, 0.4) is 0 Å². The Morgan fingerprint density at radius 3 is 2.53 bits per heavy atom. The molecule has 0 radical (unpaired) electrons. The zero-order valence-electron chi connectivity index (χ0n) is 23.3. The lowest BCUT2D eigenvalue weighted by molar-refractivity contribution is -0.0137. The van der Waals surface area contributed by atoms with Gasteiger partial charge in [0.1, 0.15) is 5.76 Å². The predicted octanol–water partition coefficient (Wildman–Crippen LogP) is 7.17. The number of aryl methyl sites for hydroxylation is 1. The molecule has 0 bridgehead atoms. The fraction of sp³-hybridized carbons (Fsp3) is 0.424. The molecule has 5 N–H and O–H groups in total. The summed E-state index contributed by atoms with van der Waals surface area (Å²) in [6.45, 7) is 23.8. The van der Waals surface area contributed by atoms with Crippen LogP contribution in [-0.2, 0) is 6.42 Å². The third-order valence-electron chi connectivity index (χ3n) is 10.2. The Balaban J connectivity index is 1.81. The van der Waals surface area contributed by atoms with Gasteiger partial charge in [-0.3, -0.25) is 0 Å². The first-order chi connectivity index (χ1) is 17.8. The summed E-state index contributed by atoms with van der Waals surface area (Å²) in [5, 5.41) is 22.6. The molecule has 198 valence electrons. The van der Waals surface area contributed by atoms with E-state index >= 15 is 0 Å². The molecule has 4 nitrogen and oxygen atoms in total. The van der Waals surface area contributed by atoms with Gasteiger partial charge in [0.2, 0.25) is 0 Å². The van der Waals surface area contributed by atoms with Crippen LogP contribution in [-0.4, -0.2) is 16.9 Å². The van der Waals surface area contributed by atoms with Gasteiger partial charge in [-0.05, 0) is 85.4 Å². The van der Waals surface area contributed by atoms with E-state index in [4.69, 9.17) is 11.5 Å². The molecule has 38 heavy (non-hydrogen) atoms. The highest BCUT2D eigenvalue weighted by molar-refractivity contribution is 8.08. The first kappa shape index (κ1) is 26.7. The summed E-state index contributed by atoms with van der Waals surface area (Å²) >= 11 is 1.91. The van der Waals surface area contributed by atoms with E-state index < -0.39 is 22.3 Å². The summed E-state index contributed by atoms with van der Waals surface area (Å²) in [5.41, 5.74) is 21.0. The number of hydrogen-bond donors (Lipinski definition) is 3. The fourth-order valence-corrected chi connectivity index (χ4v) is 9.33. The number of allylic oxidation sites excluding steroid dienone is 5. The predicted molar refractivity (Wildman–Crippen MR) is 160 cm³/mol. The molecule has 1 aliphatic heterocycles. The molecule has 0 amide bonds. The molecular formula is C33H39N3OS. The first-order valence-corrected chi connectivity index (χ1v) is 14.4. The molecule has 1 aromatic carbocycles. The second-order valence-corrected chi connectivity index (χ2v) is 13.2. The summed E-state index contributed by atoms with van der Waals surface area (Å²) in [5.74, 6) is 1.37. The van der Waals surface area contributed by atoms with Gasteiger partial charge in [0.05, 0.1) is 17.1 Å². The van der Waals surface area contributed by atoms with Crippen molar-refractivity contribution >= 4 is 22.2 Å². The number of nitrogens with zero attached hydrogens (tertiary/aromatic N) is 1. The van der Waals surface area contributed by atoms with Crippen LogP contribution in [0.4, 0.5) is 0 Å². The lowest BCUT2D eigenvalue weighted by atomic mass is 9.40. The molecule has 5 rings (SSSR count). The third kappa shape index (κ3) is 3.08. The number of benzene rings is 1. The lowest BCUT2D eigenvalue weighted by Crippen LogP contribution is -2.62. The number of thioether (sulfide) groups is 1. The zero-order chi connectivity index (χ0) is 27.9. The Labute approximate surface area is 231 Å². The summed E-state index contributed by atoms with van der Waals surface area (Å²) in [4.78, 5) is 1.33. The van der Waals surface area contributed by atoms with Gasteiger partial charge in [0, 0.05) is 44.4 Å². The van der Waals surface area contributed by atoms with Crippen LogP contribution < -0.4 is 11.5 Å². The number of nitriles is 1. The average molecular weight is 526 g/mol. The maximum atomic E-state index is 12.4. The summed E-state index contributed by atoms with van der Waals surface area (Å²) in [6.07, 6.45) is 5.57. The molecule has 0 aromatic heterocycles. The van der Waals surface area contributed by atoms with Crippen LogP contribution in [0.1, 0.15) is 67.9 Å². The van der Waals surface area contributed by atoms with Crippen molar-refractivity contribution in [3.63, 3.8) is 0 Å². The minimum absolute atomic E-state index is 0.255. The van der Waals surface area contributed by atoms with Gasteiger partial charge in [0.25, 0.3) is 0 Å². The summed E-state index contributed by atoms with van der Waals surface area (Å²) in [7, 11) is 0. The van der Waals surface area contributed by atoms with Crippen molar-refractivity contribution in [2.45, 2.75) is 66.3 Å². The summed E-state index contributed by atoms with van der Waals surface area (Å²) in [6, 6.07) is 4.04. The largest absolute Gasteiger partial charge is 0.511 e. The Morgan fingerprint density at radius 1 is 1.29 bits per heavy atom. The fourth-order valence-electron chi connectivity index (χ4n) is 8.27. The Morgan fingerprint density at radius 2 is 1.97 bits per heavy atom. The standard InChI is InChI=1S/C33H39N3OS/c1-9-33-16-31(7)14-23-17(2)13-22(25-11-10-12-38-25)18(3)26(23)19(4)28(31)30(37)32(33,8)20(5)27(21(6)35)24(15-34)29(33)36/h11,13,29,37H,4-6,9-10,12,14,16,35-36H2,1-3,7-8H3/t29-,31+,32+,33+/m1/s1. The van der Waals surface area contributed by atoms with E-state index in [0.717, 1.165) is 35.3 Å². The second-order valence-electron chi connectivity index (χ2n) is 12.1. The molecule has 4 aliphatic rings. The number of aliphatic hydroxyl groups is 1. The average Bonchev–Trinajstić information content (AvgIpc) is 3.39. The highest BCUT2D eigenvalue weighted by atomic mass is 32.2. The summed E-state index contributed by atoms with van der Waals surface area (Å²) < 4.78 is 0. The van der Waals surface area contributed by atoms with E-state index in [1.807, 2.05) is 18.7 Å². The van der Waals surface area contributed by atoms with E-state index in [1.54, 1.807) is 0 Å². The Kier molecular flexibility index (Phi) is 5.98. The number of nitrogens with two attached hydrogens (primary N) is 2. The van der Waals surface area contributed by atoms with Crippen molar-refractivity contribution in [1.82, 2.24) is 0 Å². The van der Waals surface area contributed by atoms with Crippen molar-refractivity contribution < 1.29 is 5.11 Å². The van der Waals surface area contributed by atoms with Crippen molar-refractivity contribution in [3.05, 3.63) is 93.4 Å². The zero-order valence-corrected chi connectivity index (χ0v) is 24.2. The molecule has 0 saturated carbocycles. The quantitative estimate of drug-likeness (QED) is 0.389. The van der Waals surface area contributed by atoms with Gasteiger partial charge >= 0.3 is 0 Å². The SMILES string of the molecule is C=C(N)C1=C(C#N)[C@@H](N)[C@]2(CC)C[C@]3(C)Cc4c(C)cc(C5=CCCS5)c(C)c4C(=C)C3=C(O)[C@]2(C)C1=C. The Bertz CT molecular complexity index is 1480. The van der Waals surface area contributed by atoms with Gasteiger partial charge < -0.3 is 16.6 Å². The molecule has 0 fully saturated rings. The molecule has 3 aliphatic carbocycles. The monoisotopic (exact) mass is 525 g/mol. The van der Waals surface area contributed by atoms with Crippen molar-refractivity contribution in [3.8, 4) is 6.07 Å². The smallest absolute Gasteiger partial charge is 0.107 e. The number of aliphatic hydroxyl groups excluding tert-OH is 1. The van der Waals surface area contributed by atoms with Crippen LogP contribution in [0.25, 0.3) is 10.5 Å². The van der Waals surface area contributed by atoms with Crippen LogP contribution in [0.5, 0.6) is 0 Å². The molecule has 1 aromatic rings. The topological polar surface area (TPSA) is 96.1 Å². The van der Waals surface area contributed by atoms with Gasteiger partial charge in [0.15, 0.2) is 0 Å². The van der Waals surface area contributed by atoms with E-state index in [9.17, 15) is 10.4 Å². The van der Waals surface area contributed by atoms with Crippen LogP contribution >= 0.6 is 11.8 Å². The van der Waals surface area contributed by atoms with Gasteiger partial charge in [-0.1, -0.05) is 45.7 Å². The maximum Gasteiger partial charge on any atom is 0.107 e. The molecule has 5 heteroatoms. The van der Waals surface area contributed by atoms with Crippen LogP contribution in [0.2, 0.25) is 0 Å². The van der Waals surface area contributed by atoms with Gasteiger partial charge in [-0.2, -0.15) is 5.26 Å². The van der Waals surface area contributed by atoms with E-state index in [2.05, 4.69) is 65.6 Å². The van der Waals surface area contributed by atoms with Crippen LogP contribution in [0.15, 0.2) is 65.6 Å². The second kappa shape index (κ2) is 8.53. The Hall–Kier alpha value is -2.94. The third-order valence-corrected chi connectivity index (χ3v) is 11.4. The minimum atomic E-state index is -0.918.